The van der Waals surface area contributed by atoms with Gasteiger partial charge in [0, 0.05) is 43.1 Å². The number of hydrogen-bond acceptors (Lipinski definition) is 5. The molecule has 2 heterocycles. The van der Waals surface area contributed by atoms with E-state index in [-0.39, 0.29) is 0 Å². The smallest absolute Gasteiger partial charge is 0.205 e. The largest absolute Gasteiger partial charge is 0.396 e. The summed E-state index contributed by atoms with van der Waals surface area (Å²) >= 11 is 1.50. The zero-order valence-electron chi connectivity index (χ0n) is 7.89. The molecule has 14 heavy (non-hydrogen) atoms. The lowest BCUT2D eigenvalue weighted by Crippen LogP contribution is -2.48. The third kappa shape index (κ3) is 1.40. The second-order valence-corrected chi connectivity index (χ2v) is 4.89. The van der Waals surface area contributed by atoms with Crippen molar-refractivity contribution in [3.05, 3.63) is 5.82 Å². The third-order valence-electron chi connectivity index (χ3n) is 2.86. The Hall–Kier alpha value is -0.680. The number of anilines is 1. The van der Waals surface area contributed by atoms with Gasteiger partial charge in [0.2, 0.25) is 5.13 Å². The Bertz CT molecular complexity index is 331. The van der Waals surface area contributed by atoms with Crippen LogP contribution in [-0.2, 0) is 0 Å². The molecule has 0 spiro atoms. The summed E-state index contributed by atoms with van der Waals surface area (Å²) in [5.74, 6) is 2.13. The summed E-state index contributed by atoms with van der Waals surface area (Å²) in [6.45, 7) is 2.18. The average molecular weight is 211 g/mol. The van der Waals surface area contributed by atoms with Crippen LogP contribution in [0.3, 0.4) is 0 Å². The molecule has 1 N–H and O–H groups in total. The van der Waals surface area contributed by atoms with E-state index in [1.54, 1.807) is 0 Å². The van der Waals surface area contributed by atoms with Gasteiger partial charge in [-0.15, -0.1) is 0 Å². The molecule has 1 aliphatic heterocycles. The summed E-state index contributed by atoms with van der Waals surface area (Å²) in [6.07, 6.45) is 2.52. The highest BCUT2D eigenvalue weighted by molar-refractivity contribution is 7.09. The van der Waals surface area contributed by atoms with Crippen LogP contribution in [0.2, 0.25) is 0 Å². The van der Waals surface area contributed by atoms with Crippen LogP contribution in [0.1, 0.15) is 24.6 Å². The van der Waals surface area contributed by atoms with E-state index in [0.717, 1.165) is 24.0 Å². The second kappa shape index (κ2) is 3.17. The van der Waals surface area contributed by atoms with E-state index in [2.05, 4.69) is 14.3 Å². The van der Waals surface area contributed by atoms with Crippen molar-refractivity contribution in [3.63, 3.8) is 0 Å². The molecule has 4 nitrogen and oxygen atoms in total. The molecular formula is C9H13N3OS. The highest BCUT2D eigenvalue weighted by Crippen LogP contribution is 2.40. The Kier molecular flexibility index (Phi) is 1.95. The predicted octanol–water partition coefficient (Wildman–Crippen LogP) is 0.844. The number of aromatic nitrogens is 2. The van der Waals surface area contributed by atoms with Gasteiger partial charge in [-0.05, 0) is 12.8 Å². The lowest BCUT2D eigenvalue weighted by Gasteiger charge is -2.37. The summed E-state index contributed by atoms with van der Waals surface area (Å²) in [7, 11) is 0. The third-order valence-corrected chi connectivity index (χ3v) is 3.65. The second-order valence-electron chi connectivity index (χ2n) is 4.16. The molecular weight excluding hydrogens is 198 g/mol. The van der Waals surface area contributed by atoms with Gasteiger partial charge >= 0.3 is 0 Å². The van der Waals surface area contributed by atoms with Crippen molar-refractivity contribution >= 4 is 16.7 Å². The molecule has 1 saturated heterocycles. The Morgan fingerprint density at radius 3 is 2.86 bits per heavy atom. The normalized spacial score (nSPS) is 22.5. The first-order valence-electron chi connectivity index (χ1n) is 5.06. The Labute approximate surface area is 86.7 Å². The first-order chi connectivity index (χ1) is 6.86. The van der Waals surface area contributed by atoms with Crippen LogP contribution in [0, 0.1) is 5.92 Å². The topological polar surface area (TPSA) is 49.2 Å². The van der Waals surface area contributed by atoms with Crippen molar-refractivity contribution in [2.45, 2.75) is 18.8 Å². The molecule has 0 radical (unpaired) electrons. The molecule has 0 aromatic carbocycles. The average Bonchev–Trinajstić information content (AvgIpc) is 2.86. The van der Waals surface area contributed by atoms with Crippen molar-refractivity contribution in [1.29, 1.82) is 0 Å². The molecule has 0 atom stereocenters. The van der Waals surface area contributed by atoms with Crippen molar-refractivity contribution < 1.29 is 5.11 Å². The summed E-state index contributed by atoms with van der Waals surface area (Å²) in [6, 6.07) is 0. The minimum absolute atomic E-state index is 0.296. The number of aliphatic hydroxyl groups is 1. The van der Waals surface area contributed by atoms with E-state index >= 15 is 0 Å². The van der Waals surface area contributed by atoms with Crippen LogP contribution in [0.25, 0.3) is 0 Å². The molecule has 2 aliphatic rings. The first-order valence-corrected chi connectivity index (χ1v) is 5.83. The van der Waals surface area contributed by atoms with Gasteiger partial charge in [-0.25, -0.2) is 4.98 Å². The van der Waals surface area contributed by atoms with Gasteiger partial charge < -0.3 is 10.0 Å². The lowest BCUT2D eigenvalue weighted by atomic mass is 10.0. The van der Waals surface area contributed by atoms with Gasteiger partial charge in [0.1, 0.15) is 5.82 Å². The number of nitrogens with zero attached hydrogens (tertiary/aromatic N) is 3. The van der Waals surface area contributed by atoms with Crippen LogP contribution < -0.4 is 4.90 Å². The van der Waals surface area contributed by atoms with Gasteiger partial charge in [0.05, 0.1) is 0 Å². The van der Waals surface area contributed by atoms with E-state index < -0.39 is 0 Å². The maximum Gasteiger partial charge on any atom is 0.205 e. The minimum Gasteiger partial charge on any atom is -0.396 e. The summed E-state index contributed by atoms with van der Waals surface area (Å²) in [5, 5.41) is 9.93. The molecule has 1 aromatic heterocycles. The molecule has 2 fully saturated rings. The van der Waals surface area contributed by atoms with E-state index in [9.17, 15) is 0 Å². The Morgan fingerprint density at radius 1 is 1.43 bits per heavy atom. The SMILES string of the molecule is OCC1CN(c2nc(C3CC3)ns2)C1. The van der Waals surface area contributed by atoms with Crippen molar-refractivity contribution in [2.75, 3.05) is 24.6 Å². The van der Waals surface area contributed by atoms with Crippen molar-refractivity contribution in [2.24, 2.45) is 5.92 Å². The van der Waals surface area contributed by atoms with Crippen molar-refractivity contribution in [3.8, 4) is 0 Å². The molecule has 3 rings (SSSR count). The highest BCUT2D eigenvalue weighted by Gasteiger charge is 2.32. The van der Waals surface area contributed by atoms with E-state index in [1.165, 1.54) is 24.4 Å². The van der Waals surface area contributed by atoms with E-state index in [4.69, 9.17) is 5.11 Å². The molecule has 0 unspecified atom stereocenters. The van der Waals surface area contributed by atoms with Gasteiger partial charge in [-0.2, -0.15) is 4.37 Å². The fourth-order valence-electron chi connectivity index (χ4n) is 1.70. The van der Waals surface area contributed by atoms with Gasteiger partial charge in [0.25, 0.3) is 0 Å². The van der Waals surface area contributed by atoms with E-state index in [1.807, 2.05) is 0 Å². The quantitative estimate of drug-likeness (QED) is 0.805. The van der Waals surface area contributed by atoms with Gasteiger partial charge in [0.15, 0.2) is 0 Å². The van der Waals surface area contributed by atoms with Crippen LogP contribution in [0.15, 0.2) is 0 Å². The van der Waals surface area contributed by atoms with Gasteiger partial charge in [-0.3, -0.25) is 0 Å². The molecule has 1 aromatic rings. The van der Waals surface area contributed by atoms with Crippen LogP contribution in [0.5, 0.6) is 0 Å². The summed E-state index contributed by atoms with van der Waals surface area (Å²) in [5.41, 5.74) is 0. The standard InChI is InChI=1S/C9H13N3OS/c13-5-6-3-12(4-6)9-10-8(11-14-9)7-1-2-7/h6-7,13H,1-5H2. The molecule has 0 amide bonds. The molecule has 5 heteroatoms. The fourth-order valence-corrected chi connectivity index (χ4v) is 2.47. The summed E-state index contributed by atoms with van der Waals surface area (Å²) in [4.78, 5) is 6.71. The van der Waals surface area contributed by atoms with Gasteiger partial charge in [-0.1, -0.05) is 0 Å². The van der Waals surface area contributed by atoms with Crippen LogP contribution in [0.4, 0.5) is 5.13 Å². The zero-order chi connectivity index (χ0) is 9.54. The Morgan fingerprint density at radius 2 is 2.21 bits per heavy atom. The molecule has 0 bridgehead atoms. The zero-order valence-corrected chi connectivity index (χ0v) is 8.70. The fraction of sp³-hybridized carbons (Fsp3) is 0.778. The van der Waals surface area contributed by atoms with Crippen LogP contribution in [-0.4, -0.2) is 34.2 Å². The van der Waals surface area contributed by atoms with Crippen LogP contribution >= 0.6 is 11.5 Å². The maximum atomic E-state index is 8.89. The molecule has 1 aliphatic carbocycles. The number of aliphatic hydroxyl groups excluding tert-OH is 1. The van der Waals surface area contributed by atoms with E-state index in [0.29, 0.717) is 18.4 Å². The maximum absolute atomic E-state index is 8.89. The first kappa shape index (κ1) is 8.61. The molecule has 76 valence electrons. The lowest BCUT2D eigenvalue weighted by molar-refractivity contribution is 0.200. The highest BCUT2D eigenvalue weighted by atomic mass is 32.1. The number of hydrogen-bond donors (Lipinski definition) is 1. The predicted molar refractivity (Wildman–Crippen MR) is 54.7 cm³/mol. The molecule has 1 saturated carbocycles. The Balaban J connectivity index is 1.66. The van der Waals surface area contributed by atoms with Crippen molar-refractivity contribution in [1.82, 2.24) is 9.36 Å². The number of rotatable bonds is 3. The summed E-state index contributed by atoms with van der Waals surface area (Å²) < 4.78 is 4.36. The minimum atomic E-state index is 0.296. The monoisotopic (exact) mass is 211 g/mol.